The lowest BCUT2D eigenvalue weighted by atomic mass is 9.91. The van der Waals surface area contributed by atoms with Crippen LogP contribution in [-0.4, -0.2) is 7.11 Å². The van der Waals surface area contributed by atoms with Crippen molar-refractivity contribution in [3.63, 3.8) is 0 Å². The molecule has 0 bridgehead atoms. The highest BCUT2D eigenvalue weighted by molar-refractivity contribution is 5.31. The number of methoxy groups -OCH3 is 1. The highest BCUT2D eigenvalue weighted by Gasteiger charge is 2.09. The monoisotopic (exact) mass is 232 g/mol. The molecule has 0 aliphatic rings. The summed E-state index contributed by atoms with van der Waals surface area (Å²) in [6, 6.07) is 8.47. The summed E-state index contributed by atoms with van der Waals surface area (Å²) in [6.07, 6.45) is 9.28. The fraction of sp³-hybridized carbons (Fsp3) is 0.500. The van der Waals surface area contributed by atoms with Gasteiger partial charge in [0.25, 0.3) is 0 Å². The van der Waals surface area contributed by atoms with Gasteiger partial charge in [-0.15, -0.1) is 0 Å². The van der Waals surface area contributed by atoms with Crippen LogP contribution in [0.25, 0.3) is 0 Å². The highest BCUT2D eigenvalue weighted by Crippen LogP contribution is 2.28. The Kier molecular flexibility index (Phi) is 6.46. The third-order valence-corrected chi connectivity index (χ3v) is 3.03. The number of hydrogen-bond donors (Lipinski definition) is 0. The molecule has 0 aliphatic heterocycles. The van der Waals surface area contributed by atoms with Crippen molar-refractivity contribution in [3.8, 4) is 5.75 Å². The largest absolute Gasteiger partial charge is 0.497 e. The predicted octanol–water partition coefficient (Wildman–Crippen LogP) is 4.94. The van der Waals surface area contributed by atoms with Crippen LogP contribution >= 0.6 is 0 Å². The smallest absolute Gasteiger partial charge is 0.119 e. The Morgan fingerprint density at radius 3 is 2.71 bits per heavy atom. The van der Waals surface area contributed by atoms with Gasteiger partial charge in [0.1, 0.15) is 5.75 Å². The van der Waals surface area contributed by atoms with Gasteiger partial charge in [-0.3, -0.25) is 0 Å². The average molecular weight is 232 g/mol. The topological polar surface area (TPSA) is 9.23 Å². The van der Waals surface area contributed by atoms with E-state index in [2.05, 4.69) is 44.2 Å². The van der Waals surface area contributed by atoms with Gasteiger partial charge in [-0.25, -0.2) is 0 Å². The summed E-state index contributed by atoms with van der Waals surface area (Å²) in [6.45, 7) is 4.42. The maximum absolute atomic E-state index is 5.29. The summed E-state index contributed by atoms with van der Waals surface area (Å²) in [5, 5.41) is 0. The molecule has 0 saturated heterocycles. The molecular formula is C16H24O. The van der Waals surface area contributed by atoms with E-state index in [-0.39, 0.29) is 0 Å². The summed E-state index contributed by atoms with van der Waals surface area (Å²) in [5.74, 6) is 1.58. The average Bonchev–Trinajstić information content (AvgIpc) is 2.38. The first-order valence-corrected chi connectivity index (χ1v) is 6.60. The first-order chi connectivity index (χ1) is 8.31. The molecule has 0 aromatic heterocycles. The predicted molar refractivity (Wildman–Crippen MR) is 74.7 cm³/mol. The van der Waals surface area contributed by atoms with Crippen LogP contribution in [0.2, 0.25) is 0 Å². The Balaban J connectivity index is 2.76. The normalized spacial score (nSPS) is 12.9. The van der Waals surface area contributed by atoms with Gasteiger partial charge in [0, 0.05) is 0 Å². The SMILES string of the molecule is CC/C=C\CC(CCC)c1cccc(OC)c1. The van der Waals surface area contributed by atoms with Gasteiger partial charge in [0.2, 0.25) is 0 Å². The van der Waals surface area contributed by atoms with Crippen molar-refractivity contribution in [1.82, 2.24) is 0 Å². The highest BCUT2D eigenvalue weighted by atomic mass is 16.5. The van der Waals surface area contributed by atoms with Gasteiger partial charge in [0.05, 0.1) is 7.11 Å². The van der Waals surface area contributed by atoms with E-state index in [0.29, 0.717) is 5.92 Å². The molecule has 0 spiro atoms. The van der Waals surface area contributed by atoms with E-state index >= 15 is 0 Å². The van der Waals surface area contributed by atoms with E-state index in [1.807, 2.05) is 6.07 Å². The lowest BCUT2D eigenvalue weighted by Gasteiger charge is -2.15. The number of ether oxygens (including phenoxy) is 1. The van der Waals surface area contributed by atoms with E-state index in [1.54, 1.807) is 7.11 Å². The molecule has 1 atom stereocenters. The molecule has 17 heavy (non-hydrogen) atoms. The van der Waals surface area contributed by atoms with Crippen molar-refractivity contribution >= 4 is 0 Å². The van der Waals surface area contributed by atoms with Crippen molar-refractivity contribution in [1.29, 1.82) is 0 Å². The summed E-state index contributed by atoms with van der Waals surface area (Å²) in [7, 11) is 1.73. The number of allylic oxidation sites excluding steroid dienone is 2. The van der Waals surface area contributed by atoms with E-state index in [0.717, 1.165) is 18.6 Å². The van der Waals surface area contributed by atoms with Crippen LogP contribution in [-0.2, 0) is 0 Å². The van der Waals surface area contributed by atoms with Gasteiger partial charge in [-0.05, 0) is 42.9 Å². The number of hydrogen-bond acceptors (Lipinski definition) is 1. The van der Waals surface area contributed by atoms with E-state index in [1.165, 1.54) is 18.4 Å². The fourth-order valence-corrected chi connectivity index (χ4v) is 2.09. The molecule has 1 aromatic rings. The lowest BCUT2D eigenvalue weighted by molar-refractivity contribution is 0.413. The Morgan fingerprint density at radius 1 is 1.24 bits per heavy atom. The second-order valence-corrected chi connectivity index (χ2v) is 4.38. The van der Waals surface area contributed by atoms with Crippen molar-refractivity contribution in [3.05, 3.63) is 42.0 Å². The van der Waals surface area contributed by atoms with Crippen molar-refractivity contribution < 1.29 is 4.74 Å². The zero-order valence-electron chi connectivity index (χ0n) is 11.3. The first kappa shape index (κ1) is 13.8. The standard InChI is InChI=1S/C16H24O/c1-4-6-7-10-14(9-5-2)15-11-8-12-16(13-15)17-3/h6-8,11-14H,4-5,9-10H2,1-3H3/b7-6-. The molecule has 0 radical (unpaired) electrons. The van der Waals surface area contributed by atoms with Crippen LogP contribution in [0, 0.1) is 0 Å². The maximum Gasteiger partial charge on any atom is 0.119 e. The molecule has 94 valence electrons. The molecule has 0 saturated carbocycles. The molecule has 1 nitrogen and oxygen atoms in total. The third kappa shape index (κ3) is 4.64. The Morgan fingerprint density at radius 2 is 2.06 bits per heavy atom. The van der Waals surface area contributed by atoms with Crippen LogP contribution in [0.3, 0.4) is 0 Å². The minimum atomic E-state index is 0.623. The fourth-order valence-electron chi connectivity index (χ4n) is 2.09. The van der Waals surface area contributed by atoms with Crippen molar-refractivity contribution in [2.45, 2.75) is 45.4 Å². The molecule has 0 amide bonds. The Labute approximate surface area is 106 Å². The summed E-state index contributed by atoms with van der Waals surface area (Å²) < 4.78 is 5.29. The van der Waals surface area contributed by atoms with Crippen molar-refractivity contribution in [2.24, 2.45) is 0 Å². The van der Waals surface area contributed by atoms with E-state index in [4.69, 9.17) is 4.74 Å². The first-order valence-electron chi connectivity index (χ1n) is 6.60. The molecule has 1 heteroatoms. The molecule has 1 unspecified atom stereocenters. The summed E-state index contributed by atoms with van der Waals surface area (Å²) >= 11 is 0. The molecule has 0 N–H and O–H groups in total. The van der Waals surface area contributed by atoms with Crippen LogP contribution in [0.1, 0.15) is 51.0 Å². The minimum Gasteiger partial charge on any atom is -0.497 e. The lowest BCUT2D eigenvalue weighted by Crippen LogP contribution is -1.98. The summed E-state index contributed by atoms with van der Waals surface area (Å²) in [5.41, 5.74) is 1.40. The van der Waals surface area contributed by atoms with Crippen LogP contribution < -0.4 is 4.74 Å². The van der Waals surface area contributed by atoms with Gasteiger partial charge >= 0.3 is 0 Å². The van der Waals surface area contributed by atoms with E-state index in [9.17, 15) is 0 Å². The Hall–Kier alpha value is -1.24. The molecule has 0 aliphatic carbocycles. The second-order valence-electron chi connectivity index (χ2n) is 4.38. The van der Waals surface area contributed by atoms with Crippen molar-refractivity contribution in [2.75, 3.05) is 7.11 Å². The van der Waals surface area contributed by atoms with Crippen LogP contribution in [0.4, 0.5) is 0 Å². The molecule has 1 rings (SSSR count). The molecule has 0 fully saturated rings. The van der Waals surface area contributed by atoms with Crippen LogP contribution in [0.5, 0.6) is 5.75 Å². The van der Waals surface area contributed by atoms with Crippen LogP contribution in [0.15, 0.2) is 36.4 Å². The summed E-state index contributed by atoms with van der Waals surface area (Å²) in [4.78, 5) is 0. The third-order valence-electron chi connectivity index (χ3n) is 3.03. The van der Waals surface area contributed by atoms with Gasteiger partial charge < -0.3 is 4.74 Å². The quantitative estimate of drug-likeness (QED) is 0.605. The second kappa shape index (κ2) is 7.94. The maximum atomic E-state index is 5.29. The molecule has 1 aromatic carbocycles. The van der Waals surface area contributed by atoms with Gasteiger partial charge in [0.15, 0.2) is 0 Å². The molecular weight excluding hydrogens is 208 g/mol. The molecule has 0 heterocycles. The number of rotatable bonds is 7. The van der Waals surface area contributed by atoms with Gasteiger partial charge in [-0.2, -0.15) is 0 Å². The number of benzene rings is 1. The zero-order chi connectivity index (χ0) is 12.5. The van der Waals surface area contributed by atoms with Gasteiger partial charge in [-0.1, -0.05) is 44.6 Å². The van der Waals surface area contributed by atoms with E-state index < -0.39 is 0 Å². The minimum absolute atomic E-state index is 0.623. The zero-order valence-corrected chi connectivity index (χ0v) is 11.3. The Bertz CT molecular complexity index is 341.